The molecule has 0 aliphatic carbocycles. The molecule has 0 saturated heterocycles. The van der Waals surface area contributed by atoms with Crippen molar-refractivity contribution in [2.24, 2.45) is 11.7 Å². The first-order chi connectivity index (χ1) is 8.26. The Bertz CT molecular complexity index is 327. The summed E-state index contributed by atoms with van der Waals surface area (Å²) in [6.07, 6.45) is 5.17. The van der Waals surface area contributed by atoms with Crippen molar-refractivity contribution in [2.75, 3.05) is 11.9 Å². The fourth-order valence-corrected chi connectivity index (χ4v) is 1.77. The average Bonchev–Trinajstić information content (AvgIpc) is 2.35. The maximum Gasteiger partial charge on any atom is 0.225 e. The van der Waals surface area contributed by atoms with Crippen molar-refractivity contribution in [3.05, 3.63) is 24.4 Å². The Morgan fingerprint density at radius 3 is 2.88 bits per heavy atom. The van der Waals surface area contributed by atoms with Crippen molar-refractivity contribution in [1.82, 2.24) is 4.98 Å². The monoisotopic (exact) mass is 235 g/mol. The standard InChI is InChI=1S/C13H21N3O/c1-2-11(8-9-14)6-7-13(17)16-12-5-3-4-10-15-12/h3-5,10-11H,2,6-9,14H2,1H3,(H,15,16,17). The van der Waals surface area contributed by atoms with Crippen molar-refractivity contribution in [3.63, 3.8) is 0 Å². The molecule has 1 rings (SSSR count). The molecule has 1 aromatic heterocycles. The van der Waals surface area contributed by atoms with Gasteiger partial charge in [0.2, 0.25) is 5.91 Å². The Hall–Kier alpha value is -1.42. The molecule has 0 saturated carbocycles. The Balaban J connectivity index is 2.30. The van der Waals surface area contributed by atoms with Gasteiger partial charge in [-0.05, 0) is 37.4 Å². The third-order valence-electron chi connectivity index (χ3n) is 2.86. The van der Waals surface area contributed by atoms with Crippen LogP contribution in [0.25, 0.3) is 0 Å². The topological polar surface area (TPSA) is 68.0 Å². The van der Waals surface area contributed by atoms with Crippen molar-refractivity contribution >= 4 is 11.7 Å². The van der Waals surface area contributed by atoms with E-state index in [0.29, 0.717) is 24.7 Å². The number of amides is 1. The van der Waals surface area contributed by atoms with E-state index in [-0.39, 0.29) is 5.91 Å². The number of hydrogen-bond acceptors (Lipinski definition) is 3. The highest BCUT2D eigenvalue weighted by atomic mass is 16.1. The molecule has 0 aromatic carbocycles. The second-order valence-corrected chi connectivity index (χ2v) is 4.15. The van der Waals surface area contributed by atoms with E-state index in [4.69, 9.17) is 5.73 Å². The number of pyridine rings is 1. The molecule has 0 spiro atoms. The summed E-state index contributed by atoms with van der Waals surface area (Å²) in [5.74, 6) is 1.19. The second-order valence-electron chi connectivity index (χ2n) is 4.15. The number of hydrogen-bond donors (Lipinski definition) is 2. The van der Waals surface area contributed by atoms with E-state index in [1.807, 2.05) is 12.1 Å². The normalized spacial score (nSPS) is 12.1. The smallest absolute Gasteiger partial charge is 0.225 e. The summed E-state index contributed by atoms with van der Waals surface area (Å²) in [4.78, 5) is 15.7. The van der Waals surface area contributed by atoms with E-state index in [1.54, 1.807) is 12.3 Å². The van der Waals surface area contributed by atoms with E-state index >= 15 is 0 Å². The number of nitrogens with two attached hydrogens (primary N) is 1. The van der Waals surface area contributed by atoms with Crippen LogP contribution in [-0.2, 0) is 4.79 Å². The van der Waals surface area contributed by atoms with Gasteiger partial charge < -0.3 is 11.1 Å². The fraction of sp³-hybridized carbons (Fsp3) is 0.538. The minimum Gasteiger partial charge on any atom is -0.330 e. The van der Waals surface area contributed by atoms with Crippen molar-refractivity contribution in [2.45, 2.75) is 32.6 Å². The molecule has 4 heteroatoms. The summed E-state index contributed by atoms with van der Waals surface area (Å²) < 4.78 is 0. The van der Waals surface area contributed by atoms with Gasteiger partial charge in [-0.3, -0.25) is 4.79 Å². The van der Waals surface area contributed by atoms with Crippen molar-refractivity contribution < 1.29 is 4.79 Å². The molecular weight excluding hydrogens is 214 g/mol. The van der Waals surface area contributed by atoms with Gasteiger partial charge in [-0.15, -0.1) is 0 Å². The summed E-state index contributed by atoms with van der Waals surface area (Å²) in [5, 5.41) is 2.78. The molecule has 1 amide bonds. The van der Waals surface area contributed by atoms with Crippen LogP contribution in [0.15, 0.2) is 24.4 Å². The quantitative estimate of drug-likeness (QED) is 0.761. The van der Waals surface area contributed by atoms with Gasteiger partial charge in [0.1, 0.15) is 5.82 Å². The number of nitrogens with zero attached hydrogens (tertiary/aromatic N) is 1. The van der Waals surface area contributed by atoms with Gasteiger partial charge >= 0.3 is 0 Å². The maximum absolute atomic E-state index is 11.7. The van der Waals surface area contributed by atoms with Gasteiger partial charge in [-0.25, -0.2) is 4.98 Å². The van der Waals surface area contributed by atoms with E-state index < -0.39 is 0 Å². The third kappa shape index (κ3) is 5.45. The predicted molar refractivity (Wildman–Crippen MR) is 69.6 cm³/mol. The first kappa shape index (κ1) is 13.6. The highest BCUT2D eigenvalue weighted by Crippen LogP contribution is 2.15. The molecule has 1 heterocycles. The summed E-state index contributed by atoms with van der Waals surface area (Å²) in [7, 11) is 0. The van der Waals surface area contributed by atoms with E-state index in [2.05, 4.69) is 17.2 Å². The molecule has 0 aliphatic heterocycles. The molecule has 0 aliphatic rings. The van der Waals surface area contributed by atoms with Crippen LogP contribution in [0.5, 0.6) is 0 Å². The van der Waals surface area contributed by atoms with Crippen LogP contribution in [-0.4, -0.2) is 17.4 Å². The largest absolute Gasteiger partial charge is 0.330 e. The van der Waals surface area contributed by atoms with Crippen molar-refractivity contribution in [3.8, 4) is 0 Å². The third-order valence-corrected chi connectivity index (χ3v) is 2.86. The highest BCUT2D eigenvalue weighted by Gasteiger charge is 2.09. The number of rotatable bonds is 7. The van der Waals surface area contributed by atoms with E-state index in [1.165, 1.54) is 0 Å². The summed E-state index contributed by atoms with van der Waals surface area (Å²) in [6, 6.07) is 5.46. The number of carbonyl (C=O) groups excluding carboxylic acids is 1. The second kappa shape index (κ2) is 7.79. The van der Waals surface area contributed by atoms with Gasteiger partial charge in [-0.2, -0.15) is 0 Å². The Kier molecular flexibility index (Phi) is 6.25. The van der Waals surface area contributed by atoms with Crippen LogP contribution < -0.4 is 11.1 Å². The fourth-order valence-electron chi connectivity index (χ4n) is 1.77. The molecule has 1 unspecified atom stereocenters. The molecular formula is C13H21N3O. The summed E-state index contributed by atoms with van der Waals surface area (Å²) in [5.41, 5.74) is 5.52. The lowest BCUT2D eigenvalue weighted by Gasteiger charge is -2.12. The molecule has 1 atom stereocenters. The number of carbonyl (C=O) groups is 1. The van der Waals surface area contributed by atoms with Crippen LogP contribution in [0.4, 0.5) is 5.82 Å². The average molecular weight is 235 g/mol. The van der Waals surface area contributed by atoms with Crippen LogP contribution in [0, 0.1) is 5.92 Å². The molecule has 17 heavy (non-hydrogen) atoms. The predicted octanol–water partition coefficient (Wildman–Crippen LogP) is 2.18. The maximum atomic E-state index is 11.7. The van der Waals surface area contributed by atoms with Crippen LogP contribution in [0.2, 0.25) is 0 Å². The zero-order chi connectivity index (χ0) is 12.5. The van der Waals surface area contributed by atoms with Gasteiger partial charge in [0.25, 0.3) is 0 Å². The van der Waals surface area contributed by atoms with Crippen LogP contribution in [0.1, 0.15) is 32.6 Å². The summed E-state index contributed by atoms with van der Waals surface area (Å²) >= 11 is 0. The Labute approximate surface area is 103 Å². The lowest BCUT2D eigenvalue weighted by atomic mass is 9.96. The van der Waals surface area contributed by atoms with Gasteiger partial charge in [0, 0.05) is 12.6 Å². The van der Waals surface area contributed by atoms with Crippen molar-refractivity contribution in [1.29, 1.82) is 0 Å². The Morgan fingerprint density at radius 1 is 1.47 bits per heavy atom. The lowest BCUT2D eigenvalue weighted by Crippen LogP contribution is -2.15. The van der Waals surface area contributed by atoms with Gasteiger partial charge in [0.15, 0.2) is 0 Å². The molecule has 0 radical (unpaired) electrons. The zero-order valence-electron chi connectivity index (χ0n) is 10.4. The van der Waals surface area contributed by atoms with Crippen LogP contribution >= 0.6 is 0 Å². The Morgan fingerprint density at radius 2 is 2.29 bits per heavy atom. The number of aromatic nitrogens is 1. The molecule has 3 N–H and O–H groups in total. The van der Waals surface area contributed by atoms with E-state index in [0.717, 1.165) is 19.3 Å². The lowest BCUT2D eigenvalue weighted by molar-refractivity contribution is -0.116. The summed E-state index contributed by atoms with van der Waals surface area (Å²) in [6.45, 7) is 2.83. The molecule has 0 fully saturated rings. The van der Waals surface area contributed by atoms with Gasteiger partial charge in [0.05, 0.1) is 0 Å². The van der Waals surface area contributed by atoms with Gasteiger partial charge in [-0.1, -0.05) is 19.4 Å². The molecule has 1 aromatic rings. The number of anilines is 1. The molecule has 4 nitrogen and oxygen atoms in total. The minimum absolute atomic E-state index is 0.0270. The SMILES string of the molecule is CCC(CCN)CCC(=O)Nc1ccccn1. The highest BCUT2D eigenvalue weighted by molar-refractivity contribution is 5.89. The first-order valence-corrected chi connectivity index (χ1v) is 6.17. The molecule has 0 bridgehead atoms. The zero-order valence-corrected chi connectivity index (χ0v) is 10.4. The number of nitrogens with one attached hydrogen (secondary N) is 1. The van der Waals surface area contributed by atoms with E-state index in [9.17, 15) is 4.79 Å². The molecule has 94 valence electrons. The first-order valence-electron chi connectivity index (χ1n) is 6.17. The minimum atomic E-state index is 0.0270. The van der Waals surface area contributed by atoms with Crippen LogP contribution in [0.3, 0.4) is 0 Å².